The van der Waals surface area contributed by atoms with Crippen LogP contribution in [0.5, 0.6) is 5.75 Å². The van der Waals surface area contributed by atoms with E-state index in [4.69, 9.17) is 10.5 Å². The monoisotopic (exact) mass is 1410 g/mol. The van der Waals surface area contributed by atoms with Gasteiger partial charge in [-0.15, -0.1) is 0 Å². The van der Waals surface area contributed by atoms with Gasteiger partial charge in [0, 0.05) is 55.9 Å². The average molecular weight is 1410 g/mol. The van der Waals surface area contributed by atoms with Crippen LogP contribution in [0.1, 0.15) is 114 Å². The van der Waals surface area contributed by atoms with E-state index in [0.29, 0.717) is 37.7 Å². The minimum absolute atomic E-state index is 0.00120. The number of aromatic amines is 1. The summed E-state index contributed by atoms with van der Waals surface area (Å²) in [7, 11) is -7.05. The standard InChI is InChI=1S/C65H84FN11O19S2/c1-3-12-40-19-24-45(25-20-40)97(92,93)71-34-10-8-17-49(60(67)86)72-55(78)18-5-4-9-33-68-61(87)50(29-31-57(80)81)74-63(89)52(28-21-42-38-69-48-16-7-6-15-47(42)48)76-64(90)53(36-41-13-11-14-43(66)35-41)73-56(79)39-70-62(88)51(30-32-58(82)83)75-65(91)54(37-59(84)85)77-98(94,95)46-26-22-44(96-2)23-27-46/h6-7,11,13-16,19-20,22-27,35,38,49-54,69,71,77H,3-5,8-10,12,17-18,21,28-34,36-37,39H2,1-2H3,(H2,67,86)(H,68,87)(H,70,88)(H,72,78)(H,73,79)(H,74,89)(H,75,91)(H,76,90)(H,80,81)(H,82,83)(H,84,85). The zero-order chi connectivity index (χ0) is 72.0. The highest BCUT2D eigenvalue weighted by Crippen LogP contribution is 2.21. The second kappa shape index (κ2) is 39.4. The number of H-pyrrole nitrogens is 1. The van der Waals surface area contributed by atoms with Gasteiger partial charge in [0.05, 0.1) is 29.9 Å². The van der Waals surface area contributed by atoms with Gasteiger partial charge in [0.1, 0.15) is 47.8 Å². The Kier molecular flexibility index (Phi) is 31.7. The number of primary amides is 1. The van der Waals surface area contributed by atoms with Crippen molar-refractivity contribution in [2.24, 2.45) is 5.73 Å². The molecule has 0 radical (unpaired) electrons. The molecule has 98 heavy (non-hydrogen) atoms. The fraction of sp³-hybridized carbons (Fsp3) is 0.431. The molecule has 30 nitrogen and oxygen atoms in total. The van der Waals surface area contributed by atoms with Crippen LogP contribution in [0.2, 0.25) is 0 Å². The summed E-state index contributed by atoms with van der Waals surface area (Å²) in [6.45, 7) is 1.12. The van der Waals surface area contributed by atoms with Gasteiger partial charge in [0.15, 0.2) is 0 Å². The van der Waals surface area contributed by atoms with Crippen molar-refractivity contribution in [1.82, 2.24) is 51.6 Å². The summed E-state index contributed by atoms with van der Waals surface area (Å²) in [5.74, 6) is -12.6. The quantitative estimate of drug-likeness (QED) is 0.0247. The van der Waals surface area contributed by atoms with E-state index in [2.05, 4.69) is 46.9 Å². The van der Waals surface area contributed by atoms with Crippen molar-refractivity contribution in [2.45, 2.75) is 162 Å². The number of halogens is 1. The van der Waals surface area contributed by atoms with Gasteiger partial charge in [-0.3, -0.25) is 52.7 Å². The Balaban J connectivity index is 1.23. The van der Waals surface area contributed by atoms with Gasteiger partial charge in [-0.05, 0) is 135 Å². The summed E-state index contributed by atoms with van der Waals surface area (Å²) in [6.07, 6.45) is 1.15. The second-order valence-corrected chi connectivity index (χ2v) is 26.5. The van der Waals surface area contributed by atoms with Crippen molar-refractivity contribution >= 4 is 96.1 Å². The molecule has 1 heterocycles. The molecular weight excluding hydrogens is 1320 g/mol. The Morgan fingerprint density at radius 2 is 1.12 bits per heavy atom. The third-order valence-electron chi connectivity index (χ3n) is 15.4. The molecule has 15 N–H and O–H groups in total. The lowest BCUT2D eigenvalue weighted by Crippen LogP contribution is -2.58. The number of rotatable bonds is 45. The number of carbonyl (C=O) groups excluding carboxylic acids is 8. The highest BCUT2D eigenvalue weighted by Gasteiger charge is 2.34. The molecule has 5 rings (SSSR count). The number of carbonyl (C=O) groups is 11. The molecular formula is C65H84FN11O19S2. The van der Waals surface area contributed by atoms with Crippen LogP contribution in [0.4, 0.5) is 4.39 Å². The van der Waals surface area contributed by atoms with Crippen molar-refractivity contribution < 1.29 is 94.0 Å². The predicted molar refractivity (Wildman–Crippen MR) is 353 cm³/mol. The number of methoxy groups -OCH3 is 1. The third kappa shape index (κ3) is 27.0. The minimum atomic E-state index is -4.61. The van der Waals surface area contributed by atoms with Crippen LogP contribution >= 0.6 is 0 Å². The van der Waals surface area contributed by atoms with Crippen molar-refractivity contribution in [2.75, 3.05) is 26.7 Å². The first kappa shape index (κ1) is 78.8. The lowest BCUT2D eigenvalue weighted by molar-refractivity contribution is -0.140. The SMILES string of the molecule is CCCc1ccc(S(=O)(=O)NCCCCC(NC(=O)CCCCCNC(=O)C(CCC(=O)O)NC(=O)C(CCc2c[nH]c3ccccc23)NC(=O)C(Cc2cccc(F)c2)NC(=O)CNC(=O)C(CCC(=O)O)NC(=O)C(CC(=O)O)NS(=O)(=O)c2ccc(OC)cc2)C(N)=O)cc1. The Bertz CT molecular complexity index is 3820. The molecule has 1 aromatic heterocycles. The number of amides is 8. The maximum Gasteiger partial charge on any atom is 0.305 e. The first-order valence-electron chi connectivity index (χ1n) is 31.6. The highest BCUT2D eigenvalue weighted by molar-refractivity contribution is 7.89. The first-order chi connectivity index (χ1) is 46.6. The van der Waals surface area contributed by atoms with Crippen LogP contribution in [-0.2, 0) is 92.0 Å². The van der Waals surface area contributed by atoms with Gasteiger partial charge in [-0.2, -0.15) is 4.72 Å². The number of aryl methyl sites for hydroxylation is 2. The second-order valence-electron chi connectivity index (χ2n) is 23.0. The number of benzene rings is 4. The van der Waals surface area contributed by atoms with Crippen LogP contribution in [0.3, 0.4) is 0 Å². The lowest BCUT2D eigenvalue weighted by Gasteiger charge is -2.26. The molecule has 0 aliphatic rings. The number of para-hydroxylation sites is 1. The fourth-order valence-corrected chi connectivity index (χ4v) is 12.4. The number of fused-ring (bicyclic) bond motifs is 1. The summed E-state index contributed by atoms with van der Waals surface area (Å²) < 4.78 is 76.2. The van der Waals surface area contributed by atoms with E-state index in [-0.39, 0.29) is 55.0 Å². The van der Waals surface area contributed by atoms with Gasteiger partial charge in [0.2, 0.25) is 67.3 Å². The third-order valence-corrected chi connectivity index (χ3v) is 18.3. The molecule has 0 aliphatic heterocycles. The number of unbranched alkanes of at least 4 members (excludes halogenated alkanes) is 3. The van der Waals surface area contributed by atoms with Crippen LogP contribution in [0.15, 0.2) is 113 Å². The number of hydrogen-bond donors (Lipinski definition) is 14. The maximum absolute atomic E-state index is 14.6. The van der Waals surface area contributed by atoms with Gasteiger partial charge in [0.25, 0.3) is 0 Å². The van der Waals surface area contributed by atoms with Crippen molar-refractivity contribution in [3.05, 3.63) is 126 Å². The number of carboxylic acids is 3. The van der Waals surface area contributed by atoms with E-state index in [1.165, 1.54) is 43.5 Å². The fourth-order valence-electron chi connectivity index (χ4n) is 10.2. The molecule has 0 bridgehead atoms. The Labute approximate surface area is 565 Å². The van der Waals surface area contributed by atoms with E-state index in [9.17, 15) is 89.3 Å². The molecule has 8 amide bonds. The van der Waals surface area contributed by atoms with Crippen molar-refractivity contribution in [3.63, 3.8) is 0 Å². The number of sulfonamides is 2. The number of hydrogen-bond acceptors (Lipinski definition) is 16. The average Bonchev–Trinajstić information content (AvgIpc) is 1.50. The molecule has 0 saturated carbocycles. The number of nitrogens with one attached hydrogen (secondary N) is 10. The van der Waals surface area contributed by atoms with Crippen LogP contribution in [-0.4, -0.2) is 165 Å². The maximum atomic E-state index is 14.6. The van der Waals surface area contributed by atoms with Crippen LogP contribution < -0.4 is 57.1 Å². The van der Waals surface area contributed by atoms with E-state index in [1.54, 1.807) is 36.5 Å². The van der Waals surface area contributed by atoms with Gasteiger partial charge in [-0.1, -0.05) is 62.2 Å². The topological polar surface area (TPSA) is 476 Å². The van der Waals surface area contributed by atoms with Crippen LogP contribution in [0, 0.1) is 5.82 Å². The Morgan fingerprint density at radius 3 is 1.73 bits per heavy atom. The molecule has 532 valence electrons. The molecule has 4 aromatic carbocycles. The Hall–Kier alpha value is -9.86. The summed E-state index contributed by atoms with van der Waals surface area (Å²) in [6, 6.07) is 13.9. The van der Waals surface area contributed by atoms with E-state index in [0.717, 1.165) is 53.6 Å². The molecule has 6 atom stereocenters. The van der Waals surface area contributed by atoms with E-state index in [1.807, 2.05) is 17.7 Å². The number of aromatic nitrogens is 1. The van der Waals surface area contributed by atoms with Crippen molar-refractivity contribution in [1.29, 1.82) is 0 Å². The first-order valence-corrected chi connectivity index (χ1v) is 34.6. The lowest BCUT2D eigenvalue weighted by atomic mass is 10.0. The van der Waals surface area contributed by atoms with Gasteiger partial charge in [-0.25, -0.2) is 25.9 Å². The highest BCUT2D eigenvalue weighted by atomic mass is 32.2. The van der Waals surface area contributed by atoms with E-state index >= 15 is 0 Å². The molecule has 0 fully saturated rings. The minimum Gasteiger partial charge on any atom is -0.497 e. The molecule has 6 unspecified atom stereocenters. The molecule has 33 heteroatoms. The zero-order valence-corrected chi connectivity index (χ0v) is 55.7. The van der Waals surface area contributed by atoms with Crippen LogP contribution in [0.25, 0.3) is 10.9 Å². The normalized spacial score (nSPS) is 13.3. The van der Waals surface area contributed by atoms with Gasteiger partial charge >= 0.3 is 17.9 Å². The predicted octanol–water partition coefficient (Wildman–Crippen LogP) is 1.85. The summed E-state index contributed by atoms with van der Waals surface area (Å²) in [5.41, 5.74) is 8.18. The van der Waals surface area contributed by atoms with Crippen molar-refractivity contribution in [3.8, 4) is 5.75 Å². The molecule has 0 saturated heterocycles. The number of nitrogens with two attached hydrogens (primary N) is 1. The zero-order valence-electron chi connectivity index (χ0n) is 54.1. The number of ether oxygens (including phenoxy) is 1. The summed E-state index contributed by atoms with van der Waals surface area (Å²) in [5, 5.41) is 46.7. The summed E-state index contributed by atoms with van der Waals surface area (Å²) >= 11 is 0. The molecule has 5 aromatic rings. The van der Waals surface area contributed by atoms with Gasteiger partial charge < -0.3 is 68.0 Å². The Morgan fingerprint density at radius 1 is 0.541 bits per heavy atom. The molecule has 0 aliphatic carbocycles. The number of carboxylic acid groups (broad SMARTS) is 3. The largest absolute Gasteiger partial charge is 0.497 e. The smallest absolute Gasteiger partial charge is 0.305 e. The molecule has 0 spiro atoms. The summed E-state index contributed by atoms with van der Waals surface area (Å²) in [4.78, 5) is 147. The van der Waals surface area contributed by atoms with E-state index < -0.39 is 177 Å². The number of aliphatic carboxylic acids is 3.